The van der Waals surface area contributed by atoms with Gasteiger partial charge in [0.05, 0.1) is 28.0 Å². The van der Waals surface area contributed by atoms with Crippen molar-refractivity contribution in [2.75, 3.05) is 6.54 Å². The van der Waals surface area contributed by atoms with E-state index in [1.54, 1.807) is 29.2 Å². The molecule has 1 aromatic heterocycles. The van der Waals surface area contributed by atoms with E-state index >= 15 is 0 Å². The number of nitrogens with zero attached hydrogens (tertiary/aromatic N) is 2. The zero-order chi connectivity index (χ0) is 19.4. The molecule has 5 nitrogen and oxygen atoms in total. The number of carbonyl (C=O) groups excluding carboxylic acids is 1. The molecule has 0 bridgehead atoms. The molecule has 0 atom stereocenters. The van der Waals surface area contributed by atoms with Crippen molar-refractivity contribution in [1.29, 1.82) is 0 Å². The highest BCUT2D eigenvalue weighted by Gasteiger charge is 2.20. The number of para-hydroxylation sites is 1. The molecule has 0 fully saturated rings. The highest BCUT2D eigenvalue weighted by molar-refractivity contribution is 6.33. The molecule has 140 valence electrons. The van der Waals surface area contributed by atoms with Crippen LogP contribution in [0.25, 0.3) is 10.9 Å². The lowest BCUT2D eigenvalue weighted by atomic mass is 10.1. The summed E-state index contributed by atoms with van der Waals surface area (Å²) in [4.78, 5) is 34.0. The number of carbonyl (C=O) groups is 1. The van der Waals surface area contributed by atoms with Crippen LogP contribution in [0.4, 0.5) is 4.39 Å². The number of halogens is 2. The van der Waals surface area contributed by atoms with Crippen LogP contribution in [-0.2, 0) is 6.54 Å². The molecule has 0 saturated heterocycles. The number of hydrogen-bond acceptors (Lipinski definition) is 3. The third-order valence-corrected chi connectivity index (χ3v) is 4.55. The lowest BCUT2D eigenvalue weighted by molar-refractivity contribution is 0.0736. The minimum Gasteiger partial charge on any atom is -0.331 e. The van der Waals surface area contributed by atoms with Crippen LogP contribution in [-0.4, -0.2) is 27.3 Å². The number of H-pyrrole nitrogens is 1. The van der Waals surface area contributed by atoms with Crippen LogP contribution < -0.4 is 5.56 Å². The molecule has 0 radical (unpaired) electrons. The first-order chi connectivity index (χ1) is 13.0. The van der Waals surface area contributed by atoms with Crippen molar-refractivity contribution in [3.05, 3.63) is 75.0 Å². The normalized spacial score (nSPS) is 10.9. The topological polar surface area (TPSA) is 66.1 Å². The van der Waals surface area contributed by atoms with E-state index in [1.807, 2.05) is 6.92 Å². The van der Waals surface area contributed by atoms with Gasteiger partial charge in [0.1, 0.15) is 11.6 Å². The summed E-state index contributed by atoms with van der Waals surface area (Å²) in [6, 6.07) is 10.7. The van der Waals surface area contributed by atoms with Crippen LogP contribution in [0, 0.1) is 5.82 Å². The van der Waals surface area contributed by atoms with E-state index in [2.05, 4.69) is 9.97 Å². The van der Waals surface area contributed by atoms with Gasteiger partial charge in [-0.15, -0.1) is 0 Å². The van der Waals surface area contributed by atoms with E-state index in [0.717, 1.165) is 18.9 Å². The maximum absolute atomic E-state index is 13.3. The average Bonchev–Trinajstić information content (AvgIpc) is 2.64. The molecule has 0 unspecified atom stereocenters. The van der Waals surface area contributed by atoms with Crippen LogP contribution >= 0.6 is 11.6 Å². The lowest BCUT2D eigenvalue weighted by Crippen LogP contribution is -2.33. The molecule has 0 aliphatic carbocycles. The Morgan fingerprint density at radius 3 is 2.78 bits per heavy atom. The molecule has 3 aromatic rings. The summed E-state index contributed by atoms with van der Waals surface area (Å²) in [5.41, 5.74) is 0.537. The summed E-state index contributed by atoms with van der Waals surface area (Å²) in [6.07, 6.45) is 1.67. The molecule has 0 saturated carbocycles. The van der Waals surface area contributed by atoms with Crippen molar-refractivity contribution >= 4 is 28.4 Å². The number of amides is 1. The second kappa shape index (κ2) is 8.31. The number of hydrogen-bond donors (Lipinski definition) is 1. The molecule has 2 aromatic carbocycles. The Hall–Kier alpha value is -2.73. The number of aromatic amines is 1. The van der Waals surface area contributed by atoms with Crippen LogP contribution in [0.1, 0.15) is 35.9 Å². The van der Waals surface area contributed by atoms with Crippen LogP contribution in [0.5, 0.6) is 0 Å². The molecule has 3 rings (SSSR count). The van der Waals surface area contributed by atoms with Crippen molar-refractivity contribution in [2.45, 2.75) is 26.3 Å². The van der Waals surface area contributed by atoms with E-state index in [9.17, 15) is 14.0 Å². The number of fused-ring (bicyclic) bond motifs is 1. The quantitative estimate of drug-likeness (QED) is 0.690. The van der Waals surface area contributed by atoms with E-state index in [1.165, 1.54) is 12.1 Å². The lowest BCUT2D eigenvalue weighted by Gasteiger charge is -2.22. The average molecular weight is 388 g/mol. The van der Waals surface area contributed by atoms with Crippen molar-refractivity contribution in [3.8, 4) is 0 Å². The molecular formula is C20H19ClFN3O2. The molecule has 1 amide bonds. The van der Waals surface area contributed by atoms with Gasteiger partial charge in [0.2, 0.25) is 0 Å². The Bertz CT molecular complexity index is 1040. The molecular weight excluding hydrogens is 369 g/mol. The second-order valence-electron chi connectivity index (χ2n) is 6.23. The fourth-order valence-electron chi connectivity index (χ4n) is 2.83. The van der Waals surface area contributed by atoms with E-state index in [4.69, 9.17) is 11.6 Å². The van der Waals surface area contributed by atoms with Crippen LogP contribution in [0.3, 0.4) is 0 Å². The monoisotopic (exact) mass is 387 g/mol. The van der Waals surface area contributed by atoms with Gasteiger partial charge in [0, 0.05) is 6.54 Å². The minimum absolute atomic E-state index is 0.0569. The number of nitrogens with one attached hydrogen (secondary N) is 1. The summed E-state index contributed by atoms with van der Waals surface area (Å²) >= 11 is 6.05. The van der Waals surface area contributed by atoms with Crippen molar-refractivity contribution < 1.29 is 9.18 Å². The predicted molar refractivity (Wildman–Crippen MR) is 103 cm³/mol. The van der Waals surface area contributed by atoms with Crippen molar-refractivity contribution in [2.24, 2.45) is 0 Å². The van der Waals surface area contributed by atoms with Gasteiger partial charge >= 0.3 is 0 Å². The van der Waals surface area contributed by atoms with Crippen molar-refractivity contribution in [1.82, 2.24) is 14.9 Å². The smallest absolute Gasteiger partial charge is 0.258 e. The Morgan fingerprint density at radius 2 is 2.04 bits per heavy atom. The Balaban J connectivity index is 1.93. The maximum atomic E-state index is 13.3. The standard InChI is InChI=1S/C20H19ClFN3O2/c1-2-3-10-25(20(27)14-9-8-13(22)11-16(14)21)12-18-23-17-7-5-4-6-15(17)19(26)24-18/h4-9,11H,2-3,10,12H2,1H3,(H,23,24,26). The highest BCUT2D eigenvalue weighted by Crippen LogP contribution is 2.20. The minimum atomic E-state index is -0.503. The van der Waals surface area contributed by atoms with Gasteiger partial charge in [0.25, 0.3) is 11.5 Å². The van der Waals surface area contributed by atoms with Gasteiger partial charge < -0.3 is 9.88 Å². The van der Waals surface area contributed by atoms with E-state index < -0.39 is 5.82 Å². The fourth-order valence-corrected chi connectivity index (χ4v) is 3.07. The first kappa shape index (κ1) is 19.0. The van der Waals surface area contributed by atoms with Gasteiger partial charge in [-0.25, -0.2) is 9.37 Å². The molecule has 0 aliphatic rings. The third kappa shape index (κ3) is 4.34. The first-order valence-electron chi connectivity index (χ1n) is 8.72. The third-order valence-electron chi connectivity index (χ3n) is 4.23. The summed E-state index contributed by atoms with van der Waals surface area (Å²) in [5.74, 6) is -0.442. The van der Waals surface area contributed by atoms with Crippen LogP contribution in [0.15, 0.2) is 47.3 Å². The largest absolute Gasteiger partial charge is 0.331 e. The summed E-state index contributed by atoms with van der Waals surface area (Å²) in [5, 5.41) is 0.552. The first-order valence-corrected chi connectivity index (χ1v) is 9.09. The van der Waals surface area contributed by atoms with Gasteiger partial charge in [-0.1, -0.05) is 37.1 Å². The number of benzene rings is 2. The second-order valence-corrected chi connectivity index (χ2v) is 6.64. The molecule has 1 heterocycles. The number of rotatable bonds is 6. The Labute approximate surface area is 160 Å². The zero-order valence-electron chi connectivity index (χ0n) is 14.8. The maximum Gasteiger partial charge on any atom is 0.258 e. The van der Waals surface area contributed by atoms with Gasteiger partial charge in [-0.3, -0.25) is 9.59 Å². The van der Waals surface area contributed by atoms with E-state index in [0.29, 0.717) is 23.3 Å². The van der Waals surface area contributed by atoms with Gasteiger partial charge in [-0.05, 0) is 36.8 Å². The summed E-state index contributed by atoms with van der Waals surface area (Å²) < 4.78 is 13.3. The van der Waals surface area contributed by atoms with Crippen molar-refractivity contribution in [3.63, 3.8) is 0 Å². The van der Waals surface area contributed by atoms with Gasteiger partial charge in [-0.2, -0.15) is 0 Å². The summed E-state index contributed by atoms with van der Waals surface area (Å²) in [6.45, 7) is 2.62. The number of aromatic nitrogens is 2. The predicted octanol–water partition coefficient (Wildman–Crippen LogP) is 4.16. The molecule has 0 spiro atoms. The Morgan fingerprint density at radius 1 is 1.26 bits per heavy atom. The molecule has 7 heteroatoms. The highest BCUT2D eigenvalue weighted by atomic mass is 35.5. The Kier molecular flexibility index (Phi) is 5.86. The molecule has 1 N–H and O–H groups in total. The van der Waals surface area contributed by atoms with E-state index in [-0.39, 0.29) is 28.6 Å². The fraction of sp³-hybridized carbons (Fsp3) is 0.250. The number of unbranched alkanes of at least 4 members (excludes halogenated alkanes) is 1. The molecule has 27 heavy (non-hydrogen) atoms. The zero-order valence-corrected chi connectivity index (χ0v) is 15.6. The summed E-state index contributed by atoms with van der Waals surface area (Å²) in [7, 11) is 0. The van der Waals surface area contributed by atoms with Gasteiger partial charge in [0.15, 0.2) is 0 Å². The SMILES string of the molecule is CCCCN(Cc1nc2ccccc2c(=O)[nH]1)C(=O)c1ccc(F)cc1Cl. The van der Waals surface area contributed by atoms with Crippen LogP contribution in [0.2, 0.25) is 5.02 Å². The molecule has 0 aliphatic heterocycles.